The van der Waals surface area contributed by atoms with Crippen molar-refractivity contribution in [1.29, 1.82) is 0 Å². The zero-order valence-corrected chi connectivity index (χ0v) is 14.3. The van der Waals surface area contributed by atoms with Crippen molar-refractivity contribution < 1.29 is 9.59 Å². The van der Waals surface area contributed by atoms with Gasteiger partial charge in [-0.15, -0.1) is 11.3 Å². The van der Waals surface area contributed by atoms with E-state index in [0.717, 1.165) is 41.7 Å². The number of aromatic nitrogens is 1. The number of piperidine rings is 3. The summed E-state index contributed by atoms with van der Waals surface area (Å²) in [5, 5.41) is 8.58. The lowest BCUT2D eigenvalue weighted by molar-refractivity contribution is -0.105. The number of fused-ring (bicyclic) bond motifs is 4. The van der Waals surface area contributed by atoms with Crippen LogP contribution < -0.4 is 10.6 Å². The molecule has 0 radical (unpaired) electrons. The van der Waals surface area contributed by atoms with E-state index in [1.165, 1.54) is 11.3 Å². The van der Waals surface area contributed by atoms with Crippen LogP contribution in [0.3, 0.4) is 0 Å². The van der Waals surface area contributed by atoms with Crippen molar-refractivity contribution >= 4 is 39.4 Å². The summed E-state index contributed by atoms with van der Waals surface area (Å²) < 4.78 is 0.951. The minimum absolute atomic E-state index is 0.134. The molecule has 2 N–H and O–H groups in total. The van der Waals surface area contributed by atoms with Gasteiger partial charge in [0.15, 0.2) is 0 Å². The van der Waals surface area contributed by atoms with Gasteiger partial charge in [-0.3, -0.25) is 14.5 Å². The molecule has 24 heavy (non-hydrogen) atoms. The standard InChI is InChI=1S/C17H20N4O2S/c1-10-16(11-2-4-21(10)5-3-11)20-17(23)13-6-12-14(19-9-22)8-24-15(12)7-18-13/h6-11,16H,2-5H2,1H3,(H,19,22)(H,20,23)/t10-,16-/m0/s1. The fourth-order valence-corrected chi connectivity index (χ4v) is 4.85. The summed E-state index contributed by atoms with van der Waals surface area (Å²) in [5.74, 6) is 0.428. The van der Waals surface area contributed by atoms with Crippen molar-refractivity contribution in [3.8, 4) is 0 Å². The number of carbonyl (C=O) groups is 2. The zero-order valence-electron chi connectivity index (χ0n) is 13.5. The SMILES string of the molecule is C[C@H]1[C@H](NC(=O)c2cc3c(NC=O)csc3cn2)C2CCN1CC2. The third kappa shape index (κ3) is 2.57. The molecular formula is C17H20N4O2S. The van der Waals surface area contributed by atoms with Crippen LogP contribution in [0.25, 0.3) is 10.1 Å². The highest BCUT2D eigenvalue weighted by Gasteiger charge is 2.40. The maximum absolute atomic E-state index is 12.7. The molecule has 5 heterocycles. The average molecular weight is 344 g/mol. The number of carbonyl (C=O) groups excluding carboxylic acids is 2. The van der Waals surface area contributed by atoms with Gasteiger partial charge in [-0.25, -0.2) is 4.98 Å². The number of nitrogens with zero attached hydrogens (tertiary/aromatic N) is 2. The first kappa shape index (κ1) is 15.5. The molecule has 2 atom stereocenters. The predicted octanol–water partition coefficient (Wildman–Crippen LogP) is 2.08. The molecule has 126 valence electrons. The Balaban J connectivity index is 1.57. The highest BCUT2D eigenvalue weighted by molar-refractivity contribution is 7.17. The van der Waals surface area contributed by atoms with Gasteiger partial charge < -0.3 is 10.6 Å². The van der Waals surface area contributed by atoms with Crippen molar-refractivity contribution in [3.05, 3.63) is 23.3 Å². The third-order valence-corrected chi connectivity index (χ3v) is 6.32. The summed E-state index contributed by atoms with van der Waals surface area (Å²) >= 11 is 1.50. The fourth-order valence-electron chi connectivity index (χ4n) is 4.00. The summed E-state index contributed by atoms with van der Waals surface area (Å²) in [6.07, 6.45) is 4.65. The molecule has 3 aliphatic heterocycles. The normalized spacial score (nSPS) is 28.7. The molecule has 2 amide bonds. The van der Waals surface area contributed by atoms with Crippen LogP contribution in [0.2, 0.25) is 0 Å². The summed E-state index contributed by atoms with van der Waals surface area (Å²) in [4.78, 5) is 30.1. The minimum Gasteiger partial charge on any atom is -0.346 e. The minimum atomic E-state index is -0.134. The molecule has 0 aliphatic carbocycles. The van der Waals surface area contributed by atoms with Crippen LogP contribution in [-0.2, 0) is 4.79 Å². The molecule has 2 aromatic rings. The molecule has 0 unspecified atom stereocenters. The highest BCUT2D eigenvalue weighted by Crippen LogP contribution is 2.33. The van der Waals surface area contributed by atoms with Gasteiger partial charge in [-0.05, 0) is 44.8 Å². The third-order valence-electron chi connectivity index (χ3n) is 5.38. The predicted molar refractivity (Wildman–Crippen MR) is 94.3 cm³/mol. The number of pyridine rings is 1. The van der Waals surface area contributed by atoms with E-state index in [0.29, 0.717) is 24.1 Å². The summed E-state index contributed by atoms with van der Waals surface area (Å²) in [6.45, 7) is 4.47. The summed E-state index contributed by atoms with van der Waals surface area (Å²) in [6, 6.07) is 2.32. The van der Waals surface area contributed by atoms with Crippen molar-refractivity contribution in [2.24, 2.45) is 5.92 Å². The smallest absolute Gasteiger partial charge is 0.270 e. The van der Waals surface area contributed by atoms with Crippen LogP contribution in [0.1, 0.15) is 30.3 Å². The molecule has 0 spiro atoms. The molecule has 2 bridgehead atoms. The first-order chi connectivity index (χ1) is 11.7. The monoisotopic (exact) mass is 344 g/mol. The second kappa shape index (κ2) is 6.14. The van der Waals surface area contributed by atoms with E-state index in [1.54, 1.807) is 12.3 Å². The Morgan fingerprint density at radius 1 is 1.42 bits per heavy atom. The Kier molecular flexibility index (Phi) is 3.97. The highest BCUT2D eigenvalue weighted by atomic mass is 32.1. The van der Waals surface area contributed by atoms with E-state index >= 15 is 0 Å². The van der Waals surface area contributed by atoms with E-state index in [2.05, 4.69) is 27.4 Å². The molecule has 3 aliphatic rings. The maximum Gasteiger partial charge on any atom is 0.270 e. The molecule has 0 saturated carbocycles. The van der Waals surface area contributed by atoms with Crippen molar-refractivity contribution in [2.75, 3.05) is 18.4 Å². The zero-order chi connectivity index (χ0) is 16.7. The Morgan fingerprint density at radius 3 is 2.92 bits per heavy atom. The lowest BCUT2D eigenvalue weighted by Gasteiger charge is -2.49. The lowest BCUT2D eigenvalue weighted by atomic mass is 9.79. The fraction of sp³-hybridized carbons (Fsp3) is 0.471. The van der Waals surface area contributed by atoms with E-state index < -0.39 is 0 Å². The van der Waals surface area contributed by atoms with Gasteiger partial charge in [0.1, 0.15) is 5.69 Å². The second-order valence-corrected chi connectivity index (χ2v) is 7.50. The van der Waals surface area contributed by atoms with Gasteiger partial charge in [0, 0.05) is 29.0 Å². The van der Waals surface area contributed by atoms with E-state index in [1.807, 2.05) is 5.38 Å². The molecule has 7 heteroatoms. The molecule has 5 rings (SSSR count). The number of anilines is 1. The number of amides is 2. The number of rotatable bonds is 4. The maximum atomic E-state index is 12.7. The Hall–Kier alpha value is -1.99. The quantitative estimate of drug-likeness (QED) is 0.833. The first-order valence-corrected chi connectivity index (χ1v) is 9.17. The lowest BCUT2D eigenvalue weighted by Crippen LogP contribution is -2.62. The summed E-state index contributed by atoms with van der Waals surface area (Å²) in [7, 11) is 0. The second-order valence-electron chi connectivity index (χ2n) is 6.59. The van der Waals surface area contributed by atoms with E-state index in [-0.39, 0.29) is 11.9 Å². The molecule has 2 aromatic heterocycles. The van der Waals surface area contributed by atoms with Crippen LogP contribution in [0.15, 0.2) is 17.6 Å². The number of hydrogen-bond acceptors (Lipinski definition) is 5. The Labute approximate surface area is 144 Å². The van der Waals surface area contributed by atoms with E-state index in [9.17, 15) is 9.59 Å². The molecule has 0 aromatic carbocycles. The molecule has 6 nitrogen and oxygen atoms in total. The molecule has 3 fully saturated rings. The van der Waals surface area contributed by atoms with Gasteiger partial charge in [0.05, 0.1) is 10.4 Å². The van der Waals surface area contributed by atoms with Crippen LogP contribution in [0, 0.1) is 5.92 Å². The van der Waals surface area contributed by atoms with E-state index in [4.69, 9.17) is 0 Å². The van der Waals surface area contributed by atoms with Gasteiger partial charge >= 0.3 is 0 Å². The van der Waals surface area contributed by atoms with Gasteiger partial charge in [-0.2, -0.15) is 0 Å². The van der Waals surface area contributed by atoms with Crippen LogP contribution in [0.5, 0.6) is 0 Å². The topological polar surface area (TPSA) is 74.3 Å². The van der Waals surface area contributed by atoms with Crippen molar-refractivity contribution in [3.63, 3.8) is 0 Å². The number of hydrogen-bond donors (Lipinski definition) is 2. The summed E-state index contributed by atoms with van der Waals surface area (Å²) in [5.41, 5.74) is 1.12. The van der Waals surface area contributed by atoms with Crippen LogP contribution >= 0.6 is 11.3 Å². The largest absolute Gasteiger partial charge is 0.346 e. The number of nitrogens with one attached hydrogen (secondary N) is 2. The number of thiophene rings is 1. The Bertz CT molecular complexity index is 780. The van der Waals surface area contributed by atoms with Gasteiger partial charge in [0.2, 0.25) is 6.41 Å². The molecular weight excluding hydrogens is 324 g/mol. The van der Waals surface area contributed by atoms with Gasteiger partial charge in [-0.1, -0.05) is 0 Å². The Morgan fingerprint density at radius 2 is 2.21 bits per heavy atom. The van der Waals surface area contributed by atoms with Gasteiger partial charge in [0.25, 0.3) is 5.91 Å². The average Bonchev–Trinajstić information content (AvgIpc) is 3.01. The first-order valence-electron chi connectivity index (χ1n) is 8.29. The molecule has 3 saturated heterocycles. The van der Waals surface area contributed by atoms with Crippen molar-refractivity contribution in [2.45, 2.75) is 31.8 Å². The van der Waals surface area contributed by atoms with Crippen LogP contribution in [0.4, 0.5) is 5.69 Å². The van der Waals surface area contributed by atoms with Crippen LogP contribution in [-0.4, -0.2) is 47.4 Å². The van der Waals surface area contributed by atoms with Crippen molar-refractivity contribution in [1.82, 2.24) is 15.2 Å².